The van der Waals surface area contributed by atoms with E-state index in [0.29, 0.717) is 17.3 Å². The Labute approximate surface area is 207 Å². The fraction of sp³-hybridized carbons (Fsp3) is 0.500. The Morgan fingerprint density at radius 1 is 1.23 bits per heavy atom. The molecule has 11 heteroatoms. The van der Waals surface area contributed by atoms with Crippen LogP contribution in [0.15, 0.2) is 28.9 Å². The summed E-state index contributed by atoms with van der Waals surface area (Å²) in [7, 11) is 0. The molecule has 3 atom stereocenters. The van der Waals surface area contributed by atoms with Gasteiger partial charge in [-0.1, -0.05) is 6.08 Å². The first-order valence-corrected chi connectivity index (χ1v) is 13.0. The highest BCUT2D eigenvalue weighted by Gasteiger charge is 2.29. The Kier molecular flexibility index (Phi) is 5.78. The van der Waals surface area contributed by atoms with Gasteiger partial charge in [-0.25, -0.2) is 9.78 Å². The van der Waals surface area contributed by atoms with E-state index >= 15 is 0 Å². The summed E-state index contributed by atoms with van der Waals surface area (Å²) in [5.41, 5.74) is 2.53. The minimum atomic E-state index is -0.521. The van der Waals surface area contributed by atoms with Crippen LogP contribution in [0.4, 0.5) is 10.6 Å². The number of carbonyl (C=O) groups is 2. The maximum Gasteiger partial charge on any atom is 0.326 e. The highest BCUT2D eigenvalue weighted by Crippen LogP contribution is 2.44. The van der Waals surface area contributed by atoms with Crippen molar-refractivity contribution in [1.82, 2.24) is 30.1 Å². The van der Waals surface area contributed by atoms with Crippen LogP contribution in [-0.4, -0.2) is 69.3 Å². The van der Waals surface area contributed by atoms with Crippen molar-refractivity contribution < 1.29 is 14.3 Å². The number of urea groups is 1. The molecule has 0 spiro atoms. The SMILES string of the molecule is CC1CN(CC2=CCC(c3cc(NC4CC4)n4ncc(/C=C5\NC(=O)NC5=O)c4n3)S2)CC(C)O1. The summed E-state index contributed by atoms with van der Waals surface area (Å²) in [6.07, 6.45) is 9.36. The zero-order chi connectivity index (χ0) is 24.1. The predicted octanol–water partition coefficient (Wildman–Crippen LogP) is 2.66. The average molecular weight is 496 g/mol. The first-order valence-electron chi connectivity index (χ1n) is 12.1. The van der Waals surface area contributed by atoms with Crippen LogP contribution >= 0.6 is 11.8 Å². The number of thioether (sulfide) groups is 1. The number of amides is 3. The number of rotatable bonds is 6. The van der Waals surface area contributed by atoms with Gasteiger partial charge in [0.05, 0.1) is 29.3 Å². The number of nitrogens with one attached hydrogen (secondary N) is 3. The second-order valence-corrected chi connectivity index (χ2v) is 11.1. The van der Waals surface area contributed by atoms with E-state index in [1.54, 1.807) is 16.8 Å². The van der Waals surface area contributed by atoms with E-state index in [2.05, 4.69) is 51.9 Å². The van der Waals surface area contributed by atoms with Crippen LogP contribution in [0, 0.1) is 0 Å². The van der Waals surface area contributed by atoms with Crippen LogP contribution < -0.4 is 16.0 Å². The van der Waals surface area contributed by atoms with E-state index in [-0.39, 0.29) is 23.2 Å². The molecule has 3 N–H and O–H groups in total. The lowest BCUT2D eigenvalue weighted by atomic mass is 10.2. The Bertz CT molecular complexity index is 1240. The minimum Gasteiger partial charge on any atom is -0.373 e. The van der Waals surface area contributed by atoms with Crippen LogP contribution in [-0.2, 0) is 9.53 Å². The van der Waals surface area contributed by atoms with Crippen molar-refractivity contribution in [3.8, 4) is 0 Å². The van der Waals surface area contributed by atoms with Crippen molar-refractivity contribution in [2.24, 2.45) is 0 Å². The number of aromatic nitrogens is 3. The van der Waals surface area contributed by atoms with E-state index in [9.17, 15) is 9.59 Å². The summed E-state index contributed by atoms with van der Waals surface area (Å²) in [5, 5.41) is 13.1. The molecule has 5 heterocycles. The highest BCUT2D eigenvalue weighted by atomic mass is 32.2. The molecule has 4 aliphatic rings. The van der Waals surface area contributed by atoms with Gasteiger partial charge in [-0.3, -0.25) is 15.0 Å². The normalized spacial score (nSPS) is 28.5. The van der Waals surface area contributed by atoms with Gasteiger partial charge >= 0.3 is 6.03 Å². The van der Waals surface area contributed by atoms with E-state index in [1.165, 1.54) is 4.91 Å². The maximum atomic E-state index is 12.0. The number of allylic oxidation sites excluding steroid dienone is 1. The Morgan fingerprint density at radius 3 is 2.74 bits per heavy atom. The molecule has 2 aromatic rings. The monoisotopic (exact) mass is 495 g/mol. The lowest BCUT2D eigenvalue weighted by molar-refractivity contribution is -0.115. The standard InChI is InChI=1S/C24H29N7O3S/c1-13-10-30(11-14(2)34-13)12-17-5-6-20(35-17)18-8-21(26-16-3-4-16)31-22(27-18)15(9-25-31)7-19-23(32)29-24(33)28-19/h5,7-9,13-14,16,20,26H,3-4,6,10-12H2,1-2H3,(H2,28,29,32,33)/b19-7-. The summed E-state index contributed by atoms with van der Waals surface area (Å²) in [5.74, 6) is 0.454. The summed E-state index contributed by atoms with van der Waals surface area (Å²) >= 11 is 1.88. The molecule has 2 saturated heterocycles. The molecule has 10 nitrogen and oxygen atoms in total. The molecular weight excluding hydrogens is 466 g/mol. The molecule has 3 fully saturated rings. The van der Waals surface area contributed by atoms with Gasteiger partial charge in [-0.15, -0.1) is 11.8 Å². The van der Waals surface area contributed by atoms with Crippen LogP contribution in [0.1, 0.15) is 49.6 Å². The number of nitrogens with zero attached hydrogens (tertiary/aromatic N) is 4. The van der Waals surface area contributed by atoms with Gasteiger partial charge in [-0.05, 0) is 44.1 Å². The molecule has 3 aliphatic heterocycles. The van der Waals surface area contributed by atoms with Crippen molar-refractivity contribution in [3.63, 3.8) is 0 Å². The zero-order valence-corrected chi connectivity index (χ0v) is 20.6. The van der Waals surface area contributed by atoms with E-state index in [4.69, 9.17) is 9.72 Å². The molecule has 35 heavy (non-hydrogen) atoms. The van der Waals surface area contributed by atoms with Gasteiger partial charge in [0.25, 0.3) is 5.91 Å². The number of imide groups is 1. The molecule has 1 aliphatic carbocycles. The van der Waals surface area contributed by atoms with Crippen molar-refractivity contribution in [2.75, 3.05) is 25.0 Å². The van der Waals surface area contributed by atoms with Gasteiger partial charge in [-0.2, -0.15) is 9.61 Å². The highest BCUT2D eigenvalue weighted by molar-refractivity contribution is 8.03. The molecule has 0 radical (unpaired) electrons. The third kappa shape index (κ3) is 4.80. The number of morpholine rings is 1. The molecule has 184 valence electrons. The first-order chi connectivity index (χ1) is 16.9. The molecule has 6 rings (SSSR count). The Morgan fingerprint density at radius 2 is 2.03 bits per heavy atom. The van der Waals surface area contributed by atoms with E-state index in [1.807, 2.05) is 11.8 Å². The number of hydrogen-bond donors (Lipinski definition) is 3. The first kappa shape index (κ1) is 22.6. The number of anilines is 1. The number of hydrogen-bond acceptors (Lipinski definition) is 8. The van der Waals surface area contributed by atoms with Gasteiger partial charge < -0.3 is 15.4 Å². The van der Waals surface area contributed by atoms with Crippen molar-refractivity contribution >= 4 is 41.2 Å². The van der Waals surface area contributed by atoms with Crippen LogP contribution in [0.2, 0.25) is 0 Å². The maximum absolute atomic E-state index is 12.0. The summed E-state index contributed by atoms with van der Waals surface area (Å²) in [4.78, 5) is 32.4. The molecule has 0 aromatic carbocycles. The second-order valence-electron chi connectivity index (χ2n) is 9.75. The van der Waals surface area contributed by atoms with Gasteiger partial charge in [0.2, 0.25) is 0 Å². The quantitative estimate of drug-likeness (QED) is 0.414. The largest absolute Gasteiger partial charge is 0.373 e. The third-order valence-corrected chi connectivity index (χ3v) is 7.84. The summed E-state index contributed by atoms with van der Waals surface area (Å²) in [6, 6.07) is 2.04. The van der Waals surface area contributed by atoms with Crippen LogP contribution in [0.25, 0.3) is 11.7 Å². The molecule has 3 unspecified atom stereocenters. The molecule has 2 aromatic heterocycles. The fourth-order valence-electron chi connectivity index (χ4n) is 4.88. The van der Waals surface area contributed by atoms with Crippen molar-refractivity contribution in [2.45, 2.75) is 56.6 Å². The molecule has 0 bridgehead atoms. The zero-order valence-electron chi connectivity index (χ0n) is 19.8. The van der Waals surface area contributed by atoms with E-state index < -0.39 is 11.9 Å². The number of fused-ring (bicyclic) bond motifs is 1. The summed E-state index contributed by atoms with van der Waals surface area (Å²) in [6.45, 7) is 7.10. The lowest BCUT2D eigenvalue weighted by Crippen LogP contribution is -2.45. The minimum absolute atomic E-state index is 0.196. The van der Waals surface area contributed by atoms with Crippen LogP contribution in [0.5, 0.6) is 0 Å². The summed E-state index contributed by atoms with van der Waals surface area (Å²) < 4.78 is 7.66. The molecular formula is C24H29N7O3S. The van der Waals surface area contributed by atoms with Gasteiger partial charge in [0, 0.05) is 37.3 Å². The molecule has 3 amide bonds. The predicted molar refractivity (Wildman–Crippen MR) is 134 cm³/mol. The smallest absolute Gasteiger partial charge is 0.326 e. The Hall–Kier alpha value is -2.89. The van der Waals surface area contributed by atoms with Gasteiger partial charge in [0.1, 0.15) is 11.5 Å². The molecule has 1 saturated carbocycles. The van der Waals surface area contributed by atoms with Gasteiger partial charge in [0.15, 0.2) is 5.65 Å². The topological polar surface area (TPSA) is 113 Å². The average Bonchev–Trinajstić information content (AvgIpc) is 3.18. The van der Waals surface area contributed by atoms with Crippen LogP contribution in [0.3, 0.4) is 0 Å². The second kappa shape index (κ2) is 8.96. The third-order valence-electron chi connectivity index (χ3n) is 6.53. The Balaban J connectivity index is 1.26. The number of carbonyl (C=O) groups excluding carboxylic acids is 2. The lowest BCUT2D eigenvalue weighted by Gasteiger charge is -2.35. The van der Waals surface area contributed by atoms with Crippen molar-refractivity contribution in [1.29, 1.82) is 0 Å². The van der Waals surface area contributed by atoms with Crippen molar-refractivity contribution in [3.05, 3.63) is 40.2 Å². The fourth-order valence-corrected chi connectivity index (χ4v) is 6.13. The van der Waals surface area contributed by atoms with E-state index in [0.717, 1.165) is 50.4 Å². The number of ether oxygens (including phenoxy) is 1.